The van der Waals surface area contributed by atoms with E-state index < -0.39 is 0 Å². The number of nitrogens with zero attached hydrogens (tertiary/aromatic N) is 1. The Morgan fingerprint density at radius 2 is 2.18 bits per heavy atom. The molecule has 3 rings (SSSR count). The number of fused-ring (bicyclic) bond motifs is 1. The van der Waals surface area contributed by atoms with Gasteiger partial charge in [0.05, 0.1) is 11.6 Å². The van der Waals surface area contributed by atoms with Crippen molar-refractivity contribution < 1.29 is 4.39 Å². The molecule has 1 saturated heterocycles. The third kappa shape index (κ3) is 1.90. The molecule has 2 unspecified atom stereocenters. The van der Waals surface area contributed by atoms with Crippen molar-refractivity contribution in [3.8, 4) is 0 Å². The van der Waals surface area contributed by atoms with Crippen LogP contribution in [0.4, 0.5) is 4.39 Å². The van der Waals surface area contributed by atoms with Gasteiger partial charge in [-0.2, -0.15) is 0 Å². The maximum Gasteiger partial charge on any atom is 0.121 e. The zero-order chi connectivity index (χ0) is 11.9. The summed E-state index contributed by atoms with van der Waals surface area (Å²) in [6.45, 7) is 4.11. The normalized spacial score (nSPS) is 37.2. The molecule has 4 heteroatoms. The van der Waals surface area contributed by atoms with Crippen molar-refractivity contribution >= 4 is 5.84 Å². The van der Waals surface area contributed by atoms with Gasteiger partial charge in [-0.05, 0) is 45.0 Å². The number of hydrogen-bond acceptors (Lipinski definition) is 3. The van der Waals surface area contributed by atoms with Gasteiger partial charge in [0.1, 0.15) is 11.7 Å². The first kappa shape index (κ1) is 11.0. The average molecular weight is 235 g/mol. The van der Waals surface area contributed by atoms with E-state index in [1.807, 2.05) is 13.0 Å². The van der Waals surface area contributed by atoms with E-state index in [4.69, 9.17) is 4.99 Å². The first-order valence-corrected chi connectivity index (χ1v) is 6.30. The van der Waals surface area contributed by atoms with E-state index in [1.54, 1.807) is 6.08 Å². The molecule has 2 N–H and O–H groups in total. The molecule has 3 nitrogen and oxygen atoms in total. The number of aliphatic imine (C=N–C) groups is 1. The fraction of sp³-hybridized carbons (Fsp3) is 0.615. The van der Waals surface area contributed by atoms with Crippen LogP contribution in [-0.4, -0.2) is 30.5 Å². The van der Waals surface area contributed by atoms with Crippen LogP contribution in [0.3, 0.4) is 0 Å². The highest BCUT2D eigenvalue weighted by molar-refractivity contribution is 5.88. The minimum Gasteiger partial charge on any atom is -0.362 e. The number of halogens is 1. The zero-order valence-electron chi connectivity index (χ0n) is 10.0. The predicted molar refractivity (Wildman–Crippen MR) is 66.7 cm³/mol. The lowest BCUT2D eigenvalue weighted by molar-refractivity contribution is 0.437. The van der Waals surface area contributed by atoms with E-state index in [0.717, 1.165) is 31.8 Å². The van der Waals surface area contributed by atoms with Gasteiger partial charge < -0.3 is 10.6 Å². The van der Waals surface area contributed by atoms with Crippen molar-refractivity contribution in [2.45, 2.75) is 31.3 Å². The largest absolute Gasteiger partial charge is 0.362 e. The second-order valence-corrected chi connectivity index (χ2v) is 5.28. The molecular weight excluding hydrogens is 217 g/mol. The predicted octanol–water partition coefficient (Wildman–Crippen LogP) is 1.54. The highest BCUT2D eigenvalue weighted by atomic mass is 19.1. The van der Waals surface area contributed by atoms with E-state index in [1.165, 1.54) is 6.08 Å². The monoisotopic (exact) mass is 235 g/mol. The van der Waals surface area contributed by atoms with Gasteiger partial charge in [-0.3, -0.25) is 4.99 Å². The molecule has 3 aliphatic rings. The van der Waals surface area contributed by atoms with E-state index in [9.17, 15) is 4.39 Å². The average Bonchev–Trinajstić information content (AvgIpc) is 2.66. The van der Waals surface area contributed by atoms with Crippen LogP contribution in [-0.2, 0) is 0 Å². The van der Waals surface area contributed by atoms with Crippen molar-refractivity contribution in [1.82, 2.24) is 10.6 Å². The molecule has 0 radical (unpaired) electrons. The van der Waals surface area contributed by atoms with Crippen molar-refractivity contribution in [3.05, 3.63) is 24.1 Å². The number of amidine groups is 1. The van der Waals surface area contributed by atoms with E-state index >= 15 is 0 Å². The minimum absolute atomic E-state index is 0.0480. The Labute approximate surface area is 101 Å². The molecule has 0 saturated carbocycles. The fourth-order valence-corrected chi connectivity index (χ4v) is 2.85. The second-order valence-electron chi connectivity index (χ2n) is 5.28. The number of piperidine rings is 1. The van der Waals surface area contributed by atoms with Gasteiger partial charge in [0, 0.05) is 5.92 Å². The Morgan fingerprint density at radius 3 is 2.94 bits per heavy atom. The number of allylic oxidation sites excluding steroid dienone is 2. The summed E-state index contributed by atoms with van der Waals surface area (Å²) in [5.74, 6) is 1.40. The number of nitrogens with one attached hydrogen (secondary N) is 2. The van der Waals surface area contributed by atoms with Gasteiger partial charge >= 0.3 is 0 Å². The molecule has 92 valence electrons. The van der Waals surface area contributed by atoms with Crippen LogP contribution in [0.25, 0.3) is 0 Å². The molecule has 1 aliphatic carbocycles. The quantitative estimate of drug-likeness (QED) is 0.723. The third-order valence-electron chi connectivity index (χ3n) is 3.89. The van der Waals surface area contributed by atoms with Gasteiger partial charge in [-0.1, -0.05) is 6.08 Å². The number of rotatable bonds is 1. The van der Waals surface area contributed by atoms with E-state index in [2.05, 4.69) is 10.6 Å². The Balaban J connectivity index is 1.80. The lowest BCUT2D eigenvalue weighted by Crippen LogP contribution is -2.48. The van der Waals surface area contributed by atoms with Crippen molar-refractivity contribution in [1.29, 1.82) is 0 Å². The molecule has 2 aliphatic heterocycles. The second kappa shape index (κ2) is 3.95. The zero-order valence-corrected chi connectivity index (χ0v) is 10.0. The van der Waals surface area contributed by atoms with Gasteiger partial charge in [-0.25, -0.2) is 4.39 Å². The van der Waals surface area contributed by atoms with Gasteiger partial charge in [0.25, 0.3) is 0 Å². The van der Waals surface area contributed by atoms with Crippen LogP contribution in [0.2, 0.25) is 0 Å². The topological polar surface area (TPSA) is 36.4 Å². The van der Waals surface area contributed by atoms with Gasteiger partial charge in [-0.15, -0.1) is 0 Å². The van der Waals surface area contributed by atoms with Gasteiger partial charge in [0.2, 0.25) is 0 Å². The van der Waals surface area contributed by atoms with Crippen LogP contribution in [0.1, 0.15) is 19.8 Å². The first-order valence-electron chi connectivity index (χ1n) is 6.30. The van der Waals surface area contributed by atoms with E-state index in [-0.39, 0.29) is 17.4 Å². The highest BCUT2D eigenvalue weighted by Gasteiger charge is 2.41. The highest BCUT2D eigenvalue weighted by Crippen LogP contribution is 2.31. The maximum atomic E-state index is 13.3. The van der Waals surface area contributed by atoms with E-state index in [0.29, 0.717) is 5.92 Å². The summed E-state index contributed by atoms with van der Waals surface area (Å²) in [7, 11) is 0. The van der Waals surface area contributed by atoms with Gasteiger partial charge in [0.15, 0.2) is 0 Å². The molecule has 2 heterocycles. The van der Waals surface area contributed by atoms with Crippen LogP contribution in [0.15, 0.2) is 29.0 Å². The summed E-state index contributed by atoms with van der Waals surface area (Å²) in [6, 6.07) is 0.0480. The Morgan fingerprint density at radius 1 is 1.41 bits per heavy atom. The lowest BCUT2D eigenvalue weighted by Gasteiger charge is -2.30. The van der Waals surface area contributed by atoms with Crippen molar-refractivity contribution in [3.63, 3.8) is 0 Å². The molecule has 0 aromatic heterocycles. The summed E-state index contributed by atoms with van der Waals surface area (Å²) in [6.07, 6.45) is 7.25. The Kier molecular flexibility index (Phi) is 2.54. The molecule has 0 aromatic carbocycles. The summed E-state index contributed by atoms with van der Waals surface area (Å²) in [5, 5.41) is 6.77. The van der Waals surface area contributed by atoms with Crippen LogP contribution in [0, 0.1) is 5.92 Å². The maximum absolute atomic E-state index is 13.3. The summed E-state index contributed by atoms with van der Waals surface area (Å²) in [4.78, 5) is 4.72. The first-order chi connectivity index (χ1) is 8.17. The van der Waals surface area contributed by atoms with Crippen LogP contribution in [0.5, 0.6) is 0 Å². The molecule has 17 heavy (non-hydrogen) atoms. The summed E-state index contributed by atoms with van der Waals surface area (Å²) >= 11 is 0. The Hall–Kier alpha value is -1.16. The third-order valence-corrected chi connectivity index (χ3v) is 3.89. The fourth-order valence-electron chi connectivity index (χ4n) is 2.85. The van der Waals surface area contributed by atoms with Crippen molar-refractivity contribution in [2.75, 3.05) is 13.1 Å². The standard InChI is InChI=1S/C13H18FN3/c1-13-8-10(14)2-3-11(13)16-12(17-13)9-4-6-15-7-5-9/h2-3,8-9,11,15H,4-7H2,1H3,(H,16,17). The van der Waals surface area contributed by atoms with Crippen LogP contribution >= 0.6 is 0 Å². The van der Waals surface area contributed by atoms with Crippen molar-refractivity contribution in [2.24, 2.45) is 10.9 Å². The Bertz CT molecular complexity index is 407. The molecule has 2 atom stereocenters. The van der Waals surface area contributed by atoms with Crippen LogP contribution < -0.4 is 10.6 Å². The molecule has 0 amide bonds. The molecule has 0 bridgehead atoms. The molecular formula is C13H18FN3. The molecule has 0 aromatic rings. The lowest BCUT2D eigenvalue weighted by atomic mass is 9.89. The SMILES string of the molecule is CC12C=C(F)C=CC1N=C(C1CCNCC1)N2. The summed E-state index contributed by atoms with van der Waals surface area (Å²) in [5.41, 5.74) is -0.362. The summed E-state index contributed by atoms with van der Waals surface area (Å²) < 4.78 is 13.3. The number of hydrogen-bond donors (Lipinski definition) is 2. The molecule has 1 fully saturated rings. The minimum atomic E-state index is -0.362. The molecule has 0 spiro atoms. The smallest absolute Gasteiger partial charge is 0.121 e.